The molecule has 138 valence electrons. The molecule has 0 bridgehead atoms. The Hall–Kier alpha value is -3.45. The maximum absolute atomic E-state index is 12.0. The first-order chi connectivity index (χ1) is 13.0. The Kier molecular flexibility index (Phi) is 5.63. The average molecular weight is 387 g/mol. The van der Waals surface area contributed by atoms with Gasteiger partial charge in [-0.3, -0.25) is 4.79 Å². The summed E-state index contributed by atoms with van der Waals surface area (Å²) in [7, 11) is 0. The van der Waals surface area contributed by atoms with E-state index in [9.17, 15) is 15.0 Å². The number of carbonyl (C=O) groups is 1. The Bertz CT molecular complexity index is 946. The molecule has 0 saturated heterocycles. The summed E-state index contributed by atoms with van der Waals surface area (Å²) in [5, 5.41) is 22.6. The van der Waals surface area contributed by atoms with Crippen molar-refractivity contribution in [3.63, 3.8) is 0 Å². The van der Waals surface area contributed by atoms with Gasteiger partial charge in [-0.1, -0.05) is 29.8 Å². The molecule has 2 aromatic carbocycles. The lowest BCUT2D eigenvalue weighted by Crippen LogP contribution is -2.16. The first-order valence-corrected chi connectivity index (χ1v) is 8.22. The van der Waals surface area contributed by atoms with Gasteiger partial charge in [0.25, 0.3) is 0 Å². The Morgan fingerprint density at radius 3 is 2.70 bits per heavy atom. The van der Waals surface area contributed by atoms with Crippen LogP contribution in [0.3, 0.4) is 0 Å². The number of aromatic hydroxyl groups is 2. The number of nitrogens with one attached hydrogen (secondary N) is 1. The third kappa shape index (κ3) is 4.80. The van der Waals surface area contributed by atoms with Gasteiger partial charge in [0, 0.05) is 0 Å². The molecule has 27 heavy (non-hydrogen) atoms. The van der Waals surface area contributed by atoms with Crippen molar-refractivity contribution in [3.05, 3.63) is 76.7 Å². The lowest BCUT2D eigenvalue weighted by molar-refractivity contribution is 0.0923. The largest absolute Gasteiger partial charge is 0.504 e. The summed E-state index contributed by atoms with van der Waals surface area (Å²) in [5.74, 6) is -0.0942. The molecule has 0 radical (unpaired) electrons. The van der Waals surface area contributed by atoms with Crippen molar-refractivity contribution in [2.45, 2.75) is 6.61 Å². The zero-order valence-corrected chi connectivity index (χ0v) is 14.7. The molecule has 0 fully saturated rings. The van der Waals surface area contributed by atoms with Crippen molar-refractivity contribution in [2.75, 3.05) is 0 Å². The maximum atomic E-state index is 12.0. The van der Waals surface area contributed by atoms with E-state index in [-0.39, 0.29) is 23.1 Å². The SMILES string of the molecule is O=C(N/N=C/c1cc(O)c(O)c(Cl)c1)c1ccc(COc2ccccc2)o1. The van der Waals surface area contributed by atoms with Gasteiger partial charge in [0.05, 0.1) is 11.2 Å². The molecule has 3 N–H and O–H groups in total. The summed E-state index contributed by atoms with van der Waals surface area (Å²) in [6.07, 6.45) is 1.27. The standard InChI is InChI=1S/C19H15ClN2O5/c20-15-8-12(9-16(23)18(15)24)10-21-22-19(25)17-7-6-14(27-17)11-26-13-4-2-1-3-5-13/h1-10,23-24H,11H2,(H,22,25)/b21-10+. The number of benzene rings is 2. The fourth-order valence-electron chi connectivity index (χ4n) is 2.15. The number of hydrazone groups is 1. The van der Waals surface area contributed by atoms with Crippen LogP contribution in [-0.2, 0) is 6.61 Å². The van der Waals surface area contributed by atoms with E-state index in [0.717, 1.165) is 0 Å². The molecule has 1 amide bonds. The van der Waals surface area contributed by atoms with Crippen LogP contribution in [0.4, 0.5) is 0 Å². The number of phenols is 2. The number of para-hydroxylation sites is 1. The summed E-state index contributed by atoms with van der Waals surface area (Å²) < 4.78 is 11.0. The van der Waals surface area contributed by atoms with Crippen LogP contribution in [0.5, 0.6) is 17.2 Å². The lowest BCUT2D eigenvalue weighted by atomic mass is 10.2. The number of halogens is 1. The van der Waals surface area contributed by atoms with Crippen LogP contribution < -0.4 is 10.2 Å². The number of hydrogen-bond donors (Lipinski definition) is 3. The highest BCUT2D eigenvalue weighted by atomic mass is 35.5. The van der Waals surface area contributed by atoms with Crippen LogP contribution >= 0.6 is 11.6 Å². The number of rotatable bonds is 6. The number of carbonyl (C=O) groups excluding carboxylic acids is 1. The van der Waals surface area contributed by atoms with E-state index in [1.807, 2.05) is 30.3 Å². The van der Waals surface area contributed by atoms with Gasteiger partial charge in [-0.2, -0.15) is 5.10 Å². The summed E-state index contributed by atoms with van der Waals surface area (Å²) >= 11 is 5.75. The minimum absolute atomic E-state index is 0.0307. The minimum Gasteiger partial charge on any atom is -0.504 e. The molecule has 0 spiro atoms. The Morgan fingerprint density at radius 2 is 1.96 bits per heavy atom. The number of furan rings is 1. The zero-order chi connectivity index (χ0) is 19.2. The fourth-order valence-corrected chi connectivity index (χ4v) is 2.37. The van der Waals surface area contributed by atoms with Gasteiger partial charge in [-0.15, -0.1) is 0 Å². The molecule has 8 heteroatoms. The van der Waals surface area contributed by atoms with E-state index in [2.05, 4.69) is 10.5 Å². The summed E-state index contributed by atoms with van der Waals surface area (Å²) in [5.41, 5.74) is 2.69. The second-order valence-corrected chi connectivity index (χ2v) is 5.84. The van der Waals surface area contributed by atoms with Crippen molar-refractivity contribution >= 4 is 23.7 Å². The molecule has 3 rings (SSSR count). The third-order valence-electron chi connectivity index (χ3n) is 3.46. The summed E-state index contributed by atoms with van der Waals surface area (Å²) in [4.78, 5) is 12.0. The molecule has 0 aliphatic carbocycles. The van der Waals surface area contributed by atoms with Gasteiger partial charge in [-0.25, -0.2) is 5.43 Å². The monoisotopic (exact) mass is 386 g/mol. The molecule has 0 aliphatic rings. The predicted molar refractivity (Wildman–Crippen MR) is 99.3 cm³/mol. The zero-order valence-electron chi connectivity index (χ0n) is 13.9. The first kappa shape index (κ1) is 18.3. The lowest BCUT2D eigenvalue weighted by Gasteiger charge is -2.03. The van der Waals surface area contributed by atoms with E-state index < -0.39 is 11.7 Å². The van der Waals surface area contributed by atoms with E-state index in [1.165, 1.54) is 24.4 Å². The van der Waals surface area contributed by atoms with Gasteiger partial charge in [-0.05, 0) is 42.0 Å². The van der Waals surface area contributed by atoms with Crippen molar-refractivity contribution in [3.8, 4) is 17.2 Å². The molecule has 3 aromatic rings. The first-order valence-electron chi connectivity index (χ1n) is 7.84. The Morgan fingerprint density at radius 1 is 1.19 bits per heavy atom. The van der Waals surface area contributed by atoms with E-state index in [4.69, 9.17) is 20.8 Å². The van der Waals surface area contributed by atoms with Crippen LogP contribution in [0, 0.1) is 0 Å². The van der Waals surface area contributed by atoms with Crippen molar-refractivity contribution in [1.29, 1.82) is 0 Å². The Labute approximate surface area is 159 Å². The highest BCUT2D eigenvalue weighted by Gasteiger charge is 2.11. The second-order valence-electron chi connectivity index (χ2n) is 5.44. The van der Waals surface area contributed by atoms with Crippen LogP contribution in [-0.4, -0.2) is 22.3 Å². The fraction of sp³-hybridized carbons (Fsp3) is 0.0526. The van der Waals surface area contributed by atoms with Gasteiger partial charge in [0.15, 0.2) is 17.3 Å². The Balaban J connectivity index is 1.56. The summed E-state index contributed by atoms with van der Waals surface area (Å²) in [6.45, 7) is 0.186. The minimum atomic E-state index is -0.550. The van der Waals surface area contributed by atoms with Crippen LogP contribution in [0.1, 0.15) is 21.9 Å². The number of ether oxygens (including phenoxy) is 1. The van der Waals surface area contributed by atoms with Crippen molar-refractivity contribution < 1.29 is 24.2 Å². The maximum Gasteiger partial charge on any atom is 0.307 e. The highest BCUT2D eigenvalue weighted by molar-refractivity contribution is 6.32. The van der Waals surface area contributed by atoms with E-state index >= 15 is 0 Å². The van der Waals surface area contributed by atoms with E-state index in [1.54, 1.807) is 6.07 Å². The molecule has 0 aliphatic heterocycles. The van der Waals surface area contributed by atoms with Gasteiger partial charge < -0.3 is 19.4 Å². The molecule has 0 unspecified atom stereocenters. The second kappa shape index (κ2) is 8.29. The molecule has 1 heterocycles. The van der Waals surface area contributed by atoms with Gasteiger partial charge in [0.1, 0.15) is 18.1 Å². The average Bonchev–Trinajstić information content (AvgIpc) is 3.14. The molecular weight excluding hydrogens is 372 g/mol. The predicted octanol–water partition coefficient (Wildman–Crippen LogP) is 3.69. The van der Waals surface area contributed by atoms with Crippen LogP contribution in [0.15, 0.2) is 64.1 Å². The van der Waals surface area contributed by atoms with Crippen molar-refractivity contribution in [1.82, 2.24) is 5.43 Å². The third-order valence-corrected chi connectivity index (χ3v) is 3.74. The molecule has 7 nitrogen and oxygen atoms in total. The van der Waals surface area contributed by atoms with Crippen LogP contribution in [0.2, 0.25) is 5.02 Å². The highest BCUT2D eigenvalue weighted by Crippen LogP contribution is 2.33. The van der Waals surface area contributed by atoms with Crippen molar-refractivity contribution in [2.24, 2.45) is 5.10 Å². The molecular formula is C19H15ClN2O5. The summed E-state index contributed by atoms with van der Waals surface area (Å²) in [6, 6.07) is 15.0. The number of hydrogen-bond acceptors (Lipinski definition) is 6. The van der Waals surface area contributed by atoms with Gasteiger partial charge >= 0.3 is 5.91 Å². The van der Waals surface area contributed by atoms with Crippen LogP contribution in [0.25, 0.3) is 0 Å². The van der Waals surface area contributed by atoms with Gasteiger partial charge in [0.2, 0.25) is 0 Å². The molecule has 1 aromatic heterocycles. The van der Waals surface area contributed by atoms with E-state index in [0.29, 0.717) is 17.1 Å². The molecule has 0 atom stereocenters. The smallest absolute Gasteiger partial charge is 0.307 e. The topological polar surface area (TPSA) is 104 Å². The number of amides is 1. The molecule has 0 saturated carbocycles. The quantitative estimate of drug-likeness (QED) is 0.340. The normalized spacial score (nSPS) is 10.9. The number of nitrogens with zero attached hydrogens (tertiary/aromatic N) is 1. The number of phenolic OH excluding ortho intramolecular Hbond substituents is 2.